The standard InChI is InChI=1S/C26H22N3O.C19H26GeN.Ir/c1-16(2)17(3)19-11-12-28-24(13-19)22-15-27-14-21-20-9-10-23(18-7-5-4-6-8-18)29-26(20)30-25(21)22;1-19(2,3)13-16-12-18(15-10-8-7-9-11-15)21-14-17(16)20(4,5)6;/h4-14,16-17H,1-3H3;7-10,12,14H,13H2,1-6H3;/q2*-1;/i17D;13D2;. The van der Waals surface area contributed by atoms with Gasteiger partial charge < -0.3 is 14.4 Å². The molecule has 1 unspecified atom stereocenters. The molecule has 0 aliphatic rings. The first-order valence-corrected chi connectivity index (χ1v) is 24.8. The third-order valence-electron chi connectivity index (χ3n) is 8.80. The van der Waals surface area contributed by atoms with E-state index in [9.17, 15) is 0 Å². The van der Waals surface area contributed by atoms with E-state index in [0.29, 0.717) is 22.6 Å². The second-order valence-electron chi connectivity index (χ2n) is 15.3. The van der Waals surface area contributed by atoms with Crippen LogP contribution in [0.3, 0.4) is 0 Å². The van der Waals surface area contributed by atoms with Crippen LogP contribution in [-0.4, -0.2) is 33.2 Å². The molecular formula is C45H48GeIrN4O-2. The Hall–Kier alpha value is -3.97. The Morgan fingerprint density at radius 1 is 0.846 bits per heavy atom. The molecule has 0 saturated heterocycles. The van der Waals surface area contributed by atoms with E-state index in [0.717, 1.165) is 48.8 Å². The zero-order valence-electron chi connectivity index (χ0n) is 34.4. The number of pyridine rings is 4. The van der Waals surface area contributed by atoms with Crippen LogP contribution in [0.15, 0.2) is 108 Å². The van der Waals surface area contributed by atoms with Crippen molar-refractivity contribution in [2.45, 2.75) is 71.1 Å². The van der Waals surface area contributed by atoms with Gasteiger partial charge in [0.05, 0.1) is 11.3 Å². The van der Waals surface area contributed by atoms with Crippen LogP contribution < -0.4 is 4.40 Å². The third-order valence-corrected chi connectivity index (χ3v) is 13.0. The third kappa shape index (κ3) is 9.15. The zero-order chi connectivity index (χ0) is 39.1. The van der Waals surface area contributed by atoms with E-state index in [1.165, 1.54) is 0 Å². The minimum absolute atomic E-state index is 0. The van der Waals surface area contributed by atoms with Gasteiger partial charge in [0, 0.05) is 38.6 Å². The van der Waals surface area contributed by atoms with Gasteiger partial charge >= 0.3 is 135 Å². The van der Waals surface area contributed by atoms with E-state index in [-0.39, 0.29) is 26.0 Å². The van der Waals surface area contributed by atoms with E-state index >= 15 is 0 Å². The molecule has 0 fully saturated rings. The number of benzene rings is 2. The topological polar surface area (TPSA) is 64.7 Å². The molecule has 269 valence electrons. The second kappa shape index (κ2) is 16.4. The number of hydrogen-bond acceptors (Lipinski definition) is 5. The van der Waals surface area contributed by atoms with Gasteiger partial charge in [-0.25, -0.2) is 4.98 Å². The fourth-order valence-corrected chi connectivity index (χ4v) is 8.80. The molecule has 2 aromatic carbocycles. The Bertz CT molecular complexity index is 2400. The Morgan fingerprint density at radius 3 is 2.27 bits per heavy atom. The van der Waals surface area contributed by atoms with Gasteiger partial charge in [-0.3, -0.25) is 0 Å². The second-order valence-corrected chi connectivity index (χ2v) is 25.9. The molecule has 0 aliphatic heterocycles. The first-order chi connectivity index (χ1) is 25.4. The SMILES string of the molecule is [2H]C(C)(c1ccnc(-c2[c-]ncc3c2oc2nc(-c4ccccc4)ccc23)c1)C(C)C.[2H]C([2H])(c1cc(-c2[c-]cccc2)nc[c]1[Ge]([CH3])([CH3])[CH3])C(C)(C)C.[Ir]. The van der Waals surface area contributed by atoms with Crippen molar-refractivity contribution >= 4 is 39.7 Å². The molecule has 1 atom stereocenters. The number of hydrogen-bond donors (Lipinski definition) is 0. The van der Waals surface area contributed by atoms with E-state index in [1.54, 1.807) is 12.4 Å². The number of fused-ring (bicyclic) bond motifs is 3. The Balaban J connectivity index is 0.000000217. The summed E-state index contributed by atoms with van der Waals surface area (Å²) >= 11 is -2.24. The van der Waals surface area contributed by atoms with Crippen molar-refractivity contribution in [1.82, 2.24) is 19.9 Å². The van der Waals surface area contributed by atoms with Gasteiger partial charge in [-0.15, -0.1) is 0 Å². The van der Waals surface area contributed by atoms with Gasteiger partial charge in [0.25, 0.3) is 0 Å². The summed E-state index contributed by atoms with van der Waals surface area (Å²) < 4.78 is 33.6. The first kappa shape index (κ1) is 35.1. The quantitative estimate of drug-likeness (QED) is 0.118. The van der Waals surface area contributed by atoms with E-state index in [4.69, 9.17) is 13.5 Å². The van der Waals surface area contributed by atoms with Crippen LogP contribution in [0, 0.1) is 23.6 Å². The largest absolute Gasteiger partial charge is 0 e. The van der Waals surface area contributed by atoms with Crippen molar-refractivity contribution in [2.75, 3.05) is 0 Å². The molecule has 5 aromatic heterocycles. The van der Waals surface area contributed by atoms with E-state index in [2.05, 4.69) is 58.3 Å². The summed E-state index contributed by atoms with van der Waals surface area (Å²) in [5.41, 5.74) is 7.41. The van der Waals surface area contributed by atoms with Gasteiger partial charge in [0.15, 0.2) is 0 Å². The molecule has 0 spiro atoms. The number of furan rings is 1. The Kier molecular flexibility index (Phi) is 11.0. The average molecular weight is 929 g/mol. The van der Waals surface area contributed by atoms with Gasteiger partial charge in [-0.2, -0.15) is 0 Å². The summed E-state index contributed by atoms with van der Waals surface area (Å²) in [5, 5.41) is 1.78. The van der Waals surface area contributed by atoms with Gasteiger partial charge in [0.1, 0.15) is 0 Å². The van der Waals surface area contributed by atoms with E-state index in [1.807, 2.05) is 119 Å². The van der Waals surface area contributed by atoms with Gasteiger partial charge in [-0.05, 0) is 53.5 Å². The molecular weight excluding hydrogens is 877 g/mol. The predicted molar refractivity (Wildman–Crippen MR) is 215 cm³/mol. The van der Waals surface area contributed by atoms with Crippen molar-refractivity contribution in [1.29, 1.82) is 0 Å². The van der Waals surface area contributed by atoms with Gasteiger partial charge in [0.2, 0.25) is 5.71 Å². The molecule has 7 heteroatoms. The minimum Gasteiger partial charge on any atom is 0 e. The van der Waals surface area contributed by atoms with Crippen LogP contribution in [0.2, 0.25) is 17.3 Å². The fraction of sp³-hybridized carbons (Fsp3) is 0.289. The average Bonchev–Trinajstić information content (AvgIpc) is 3.53. The zero-order valence-corrected chi connectivity index (χ0v) is 35.9. The molecule has 5 nitrogen and oxygen atoms in total. The van der Waals surface area contributed by atoms with Crippen molar-refractivity contribution in [3.05, 3.63) is 127 Å². The van der Waals surface area contributed by atoms with Crippen LogP contribution in [0.1, 0.15) is 62.7 Å². The van der Waals surface area contributed by atoms with Crippen molar-refractivity contribution < 1.29 is 28.6 Å². The van der Waals surface area contributed by atoms with Gasteiger partial charge in [-0.1, -0.05) is 68.3 Å². The summed E-state index contributed by atoms with van der Waals surface area (Å²) in [6, 6.07) is 30.7. The van der Waals surface area contributed by atoms with Crippen molar-refractivity contribution in [3.8, 4) is 33.8 Å². The molecule has 0 aliphatic carbocycles. The number of aromatic nitrogens is 4. The smallest absolute Gasteiger partial charge is 0 e. The first-order valence-electron chi connectivity index (χ1n) is 19.0. The van der Waals surface area contributed by atoms with Crippen LogP contribution in [-0.2, 0) is 26.5 Å². The fourth-order valence-electron chi connectivity index (χ4n) is 5.87. The molecule has 0 saturated carbocycles. The summed E-state index contributed by atoms with van der Waals surface area (Å²) in [6.07, 6.45) is 7.04. The molecule has 0 N–H and O–H groups in total. The van der Waals surface area contributed by atoms with Crippen LogP contribution in [0.5, 0.6) is 0 Å². The molecule has 52 heavy (non-hydrogen) atoms. The summed E-state index contributed by atoms with van der Waals surface area (Å²) in [7, 11) is 0. The molecule has 7 rings (SSSR count). The van der Waals surface area contributed by atoms with Crippen molar-refractivity contribution in [3.63, 3.8) is 0 Å². The monoisotopic (exact) mass is 930 g/mol. The maximum Gasteiger partial charge on any atom is 0 e. The molecule has 7 aromatic rings. The predicted octanol–water partition coefficient (Wildman–Crippen LogP) is 11.3. The van der Waals surface area contributed by atoms with Crippen molar-refractivity contribution in [2.24, 2.45) is 11.3 Å². The summed E-state index contributed by atoms with van der Waals surface area (Å²) in [5.74, 6) is 6.29. The minimum atomic E-state index is -2.24. The van der Waals surface area contributed by atoms with E-state index < -0.39 is 30.9 Å². The summed E-state index contributed by atoms with van der Waals surface area (Å²) in [4.78, 5) is 18.2. The van der Waals surface area contributed by atoms with Crippen LogP contribution >= 0.6 is 0 Å². The maximum atomic E-state index is 8.76. The number of nitrogens with zero attached hydrogens (tertiary/aromatic N) is 4. The van der Waals surface area contributed by atoms with Crippen LogP contribution in [0.25, 0.3) is 55.8 Å². The number of rotatable bonds is 7. The molecule has 0 amide bonds. The Labute approximate surface area is 329 Å². The molecule has 5 heterocycles. The molecule has 1 radical (unpaired) electrons. The maximum absolute atomic E-state index is 8.76. The summed E-state index contributed by atoms with van der Waals surface area (Å²) in [6.45, 7) is 11.9. The Morgan fingerprint density at radius 2 is 1.60 bits per heavy atom. The van der Waals surface area contributed by atoms with Crippen LogP contribution in [0.4, 0.5) is 0 Å². The normalized spacial score (nSPS) is 14.1. The molecule has 0 bridgehead atoms.